The Morgan fingerprint density at radius 3 is 2.43 bits per heavy atom. The van der Waals surface area contributed by atoms with E-state index in [1.165, 1.54) is 19.4 Å². The number of rotatable bonds is 7. The Kier molecular flexibility index (Phi) is 7.41. The van der Waals surface area contributed by atoms with Gasteiger partial charge in [-0.3, -0.25) is 9.78 Å². The van der Waals surface area contributed by atoms with Crippen molar-refractivity contribution < 1.29 is 35.5 Å². The number of hydrogen-bond donors (Lipinski definition) is 1. The van der Waals surface area contributed by atoms with Crippen LogP contribution in [0.4, 0.5) is 17.6 Å². The number of benzene rings is 1. The van der Waals surface area contributed by atoms with Gasteiger partial charge in [0.05, 0.1) is 23.9 Å². The molecule has 0 unspecified atom stereocenters. The molecule has 1 atom stereocenters. The smallest absolute Gasteiger partial charge is 0.451 e. The van der Waals surface area contributed by atoms with Gasteiger partial charge < -0.3 is 10.1 Å². The molecule has 0 aliphatic carbocycles. The fourth-order valence-electron chi connectivity index (χ4n) is 3.90. The van der Waals surface area contributed by atoms with Crippen LogP contribution in [-0.2, 0) is 27.5 Å². The van der Waals surface area contributed by atoms with Crippen LogP contribution in [-0.4, -0.2) is 53.3 Å². The predicted molar refractivity (Wildman–Crippen MR) is 122 cm³/mol. The summed E-state index contributed by atoms with van der Waals surface area (Å²) in [5, 5.41) is 2.69. The highest BCUT2D eigenvalue weighted by atomic mass is 32.2. The summed E-state index contributed by atoms with van der Waals surface area (Å²) in [5.74, 6) is -2.10. The van der Waals surface area contributed by atoms with Gasteiger partial charge in [0.1, 0.15) is 17.6 Å². The van der Waals surface area contributed by atoms with E-state index in [0.717, 1.165) is 41.0 Å². The maximum Gasteiger partial charge on any atom is 0.451 e. The van der Waals surface area contributed by atoms with E-state index < -0.39 is 39.8 Å². The number of aromatic nitrogens is 3. The van der Waals surface area contributed by atoms with Crippen LogP contribution in [0.5, 0.6) is 5.75 Å². The zero-order valence-electron chi connectivity index (χ0n) is 19.4. The molecule has 3 heterocycles. The van der Waals surface area contributed by atoms with E-state index in [1.54, 1.807) is 0 Å². The number of methoxy groups -OCH3 is 1. The molecule has 1 fully saturated rings. The molecule has 0 bridgehead atoms. The zero-order valence-corrected chi connectivity index (χ0v) is 20.2. The van der Waals surface area contributed by atoms with Crippen molar-refractivity contribution in [2.24, 2.45) is 0 Å². The first-order valence-corrected chi connectivity index (χ1v) is 12.4. The van der Waals surface area contributed by atoms with Gasteiger partial charge >= 0.3 is 6.18 Å². The number of ether oxygens (including phenoxy) is 1. The summed E-state index contributed by atoms with van der Waals surface area (Å²) in [6.45, 7) is 0.0639. The first kappa shape index (κ1) is 26.4. The molecule has 1 amide bonds. The third-order valence-corrected chi connectivity index (χ3v) is 7.67. The highest BCUT2D eigenvalue weighted by molar-refractivity contribution is 7.89. The van der Waals surface area contributed by atoms with E-state index in [9.17, 15) is 30.8 Å². The maximum atomic E-state index is 13.2. The normalized spacial score (nSPS) is 16.5. The quantitative estimate of drug-likeness (QED) is 0.459. The standard InChI is InChI=1S/C23H21F4N5O4S/c1-36-20-13-28-18(15-11-30-22(31-12-15)23(25,26)27)9-14(20)10-29-21(33)19-3-2-8-32(19)37(34,35)17-6-4-16(24)5-7-17/h4-7,9,11-13,19H,2-3,8,10H2,1H3,(H,29,33)/t19-/m0/s1. The molecule has 4 rings (SSSR count). The number of nitrogens with zero attached hydrogens (tertiary/aromatic N) is 4. The molecule has 3 aromatic rings. The maximum absolute atomic E-state index is 13.2. The minimum Gasteiger partial charge on any atom is -0.495 e. The van der Waals surface area contributed by atoms with E-state index in [2.05, 4.69) is 20.3 Å². The van der Waals surface area contributed by atoms with Crippen molar-refractivity contribution in [1.29, 1.82) is 0 Å². The number of sulfonamides is 1. The molecule has 1 aliphatic rings. The van der Waals surface area contributed by atoms with E-state index in [1.807, 2.05) is 0 Å². The molecule has 9 nitrogen and oxygen atoms in total. The van der Waals surface area contributed by atoms with Gasteiger partial charge in [0.15, 0.2) is 0 Å². The Bertz CT molecular complexity index is 1380. The second-order valence-corrected chi connectivity index (χ2v) is 10.0. The lowest BCUT2D eigenvalue weighted by atomic mass is 10.1. The minimum absolute atomic E-state index is 0.0695. The van der Waals surface area contributed by atoms with Crippen LogP contribution in [0.1, 0.15) is 24.2 Å². The second kappa shape index (κ2) is 10.4. The zero-order chi connectivity index (χ0) is 26.8. The third kappa shape index (κ3) is 5.69. The van der Waals surface area contributed by atoms with Gasteiger partial charge in [-0.15, -0.1) is 0 Å². The third-order valence-electron chi connectivity index (χ3n) is 5.75. The summed E-state index contributed by atoms with van der Waals surface area (Å²) in [4.78, 5) is 23.7. The Morgan fingerprint density at radius 1 is 1.14 bits per heavy atom. The van der Waals surface area contributed by atoms with Crippen LogP contribution in [0.2, 0.25) is 0 Å². The molecule has 0 radical (unpaired) electrons. The van der Waals surface area contributed by atoms with Gasteiger partial charge in [0, 0.05) is 36.6 Å². The molecule has 0 saturated carbocycles. The van der Waals surface area contributed by atoms with Crippen LogP contribution in [0.25, 0.3) is 11.3 Å². The average molecular weight is 540 g/mol. The van der Waals surface area contributed by atoms with Gasteiger partial charge in [0.25, 0.3) is 0 Å². The largest absolute Gasteiger partial charge is 0.495 e. The number of pyridine rings is 1. The molecule has 1 N–H and O–H groups in total. The lowest BCUT2D eigenvalue weighted by Gasteiger charge is -2.23. The summed E-state index contributed by atoms with van der Waals surface area (Å²) >= 11 is 0. The van der Waals surface area contributed by atoms with Gasteiger partial charge in [-0.05, 0) is 43.2 Å². The number of hydrogen-bond acceptors (Lipinski definition) is 7. The first-order chi connectivity index (χ1) is 17.5. The van der Waals surface area contributed by atoms with Gasteiger partial charge in [0.2, 0.25) is 21.8 Å². The number of carbonyl (C=O) groups excluding carboxylic acids is 1. The number of halogens is 4. The van der Waals surface area contributed by atoms with E-state index in [-0.39, 0.29) is 29.2 Å². The van der Waals surface area contributed by atoms with Crippen molar-refractivity contribution in [1.82, 2.24) is 24.6 Å². The number of nitrogens with one attached hydrogen (secondary N) is 1. The molecule has 14 heteroatoms. The molecule has 1 saturated heterocycles. The van der Waals surface area contributed by atoms with Crippen molar-refractivity contribution in [2.45, 2.75) is 36.5 Å². The summed E-state index contributed by atoms with van der Waals surface area (Å²) in [6, 6.07) is 4.90. The summed E-state index contributed by atoms with van der Waals surface area (Å²) in [7, 11) is -2.64. The van der Waals surface area contributed by atoms with Crippen LogP contribution in [0.3, 0.4) is 0 Å². The molecular formula is C23H21F4N5O4S. The second-order valence-electron chi connectivity index (χ2n) is 8.12. The molecular weight excluding hydrogens is 518 g/mol. The molecule has 196 valence electrons. The topological polar surface area (TPSA) is 114 Å². The Morgan fingerprint density at radius 2 is 1.81 bits per heavy atom. The molecule has 37 heavy (non-hydrogen) atoms. The van der Waals surface area contributed by atoms with Crippen molar-refractivity contribution >= 4 is 15.9 Å². The fourth-order valence-corrected chi connectivity index (χ4v) is 5.56. The Hall–Kier alpha value is -3.65. The van der Waals surface area contributed by atoms with Crippen molar-refractivity contribution in [3.63, 3.8) is 0 Å². The van der Waals surface area contributed by atoms with Gasteiger partial charge in [-0.2, -0.15) is 17.5 Å². The van der Waals surface area contributed by atoms with Crippen LogP contribution in [0.15, 0.2) is 53.8 Å². The van der Waals surface area contributed by atoms with Crippen LogP contribution < -0.4 is 10.1 Å². The lowest BCUT2D eigenvalue weighted by molar-refractivity contribution is -0.145. The van der Waals surface area contributed by atoms with E-state index in [0.29, 0.717) is 24.2 Å². The summed E-state index contributed by atoms with van der Waals surface area (Å²) in [5.41, 5.74) is 0.919. The molecule has 0 spiro atoms. The lowest BCUT2D eigenvalue weighted by Crippen LogP contribution is -2.45. The summed E-state index contributed by atoms with van der Waals surface area (Å²) < 4.78 is 83.9. The molecule has 1 aromatic carbocycles. The highest BCUT2D eigenvalue weighted by Crippen LogP contribution is 2.29. The van der Waals surface area contributed by atoms with E-state index >= 15 is 0 Å². The Labute approximate surface area is 209 Å². The number of carbonyl (C=O) groups is 1. The van der Waals surface area contributed by atoms with Crippen molar-refractivity contribution in [2.75, 3.05) is 13.7 Å². The van der Waals surface area contributed by atoms with Gasteiger partial charge in [-0.1, -0.05) is 0 Å². The minimum atomic E-state index is -4.68. The predicted octanol–water partition coefficient (Wildman–Crippen LogP) is 3.17. The Balaban J connectivity index is 1.50. The number of alkyl halides is 3. The molecule has 2 aromatic heterocycles. The van der Waals surface area contributed by atoms with Crippen molar-refractivity contribution in [3.8, 4) is 17.0 Å². The highest BCUT2D eigenvalue weighted by Gasteiger charge is 2.39. The number of amides is 1. The first-order valence-electron chi connectivity index (χ1n) is 11.0. The van der Waals surface area contributed by atoms with Crippen LogP contribution in [0, 0.1) is 5.82 Å². The SMILES string of the molecule is COc1cnc(-c2cnc(C(F)(F)F)nc2)cc1CNC(=O)[C@@H]1CCCN1S(=O)(=O)c1ccc(F)cc1. The van der Waals surface area contributed by atoms with Crippen LogP contribution >= 0.6 is 0 Å². The monoisotopic (exact) mass is 539 g/mol. The average Bonchev–Trinajstić information content (AvgIpc) is 3.38. The van der Waals surface area contributed by atoms with E-state index in [4.69, 9.17) is 4.74 Å². The summed E-state index contributed by atoms with van der Waals surface area (Å²) in [6.07, 6.45) is -0.592. The molecule has 1 aliphatic heterocycles. The van der Waals surface area contributed by atoms with Gasteiger partial charge in [-0.25, -0.2) is 22.8 Å². The van der Waals surface area contributed by atoms with Crippen molar-refractivity contribution in [3.05, 3.63) is 66.1 Å². The fraction of sp³-hybridized carbons (Fsp3) is 0.304.